The Kier molecular flexibility index (Phi) is 4.70. The van der Waals surface area contributed by atoms with Gasteiger partial charge in [-0.25, -0.2) is 9.97 Å². The maximum absolute atomic E-state index is 6.27. The molecule has 162 valence electrons. The number of rotatable bonds is 7. The Bertz CT molecular complexity index is 1110. The third kappa shape index (κ3) is 3.76. The maximum atomic E-state index is 6.27. The molecule has 32 heavy (non-hydrogen) atoms. The summed E-state index contributed by atoms with van der Waals surface area (Å²) in [5.41, 5.74) is 19.1. The highest BCUT2D eigenvalue weighted by Gasteiger charge is 2.32. The van der Waals surface area contributed by atoms with Crippen molar-refractivity contribution in [1.29, 1.82) is 0 Å². The number of hydrogen-bond acceptors (Lipinski definition) is 4. The molecule has 2 atom stereocenters. The van der Waals surface area contributed by atoms with Gasteiger partial charge in [0.25, 0.3) is 0 Å². The van der Waals surface area contributed by atoms with Gasteiger partial charge in [-0.3, -0.25) is 0 Å². The number of nitrogens with one attached hydrogen (secondary N) is 2. The summed E-state index contributed by atoms with van der Waals surface area (Å²) in [4.78, 5) is 15.8. The van der Waals surface area contributed by atoms with E-state index in [0.717, 1.165) is 34.2 Å². The van der Waals surface area contributed by atoms with E-state index < -0.39 is 0 Å². The van der Waals surface area contributed by atoms with E-state index >= 15 is 0 Å². The molecule has 2 aliphatic rings. The molecule has 6 N–H and O–H groups in total. The van der Waals surface area contributed by atoms with Gasteiger partial charge in [-0.2, -0.15) is 0 Å². The zero-order valence-corrected chi connectivity index (χ0v) is 18.0. The Morgan fingerprint density at radius 1 is 0.594 bits per heavy atom. The smallest absolute Gasteiger partial charge is 0.123 e. The number of hydrogen-bond donors (Lipinski definition) is 4. The van der Waals surface area contributed by atoms with Crippen molar-refractivity contribution in [2.75, 3.05) is 0 Å². The average Bonchev–Trinajstić information content (AvgIpc) is 3.76. The SMILES string of the molecule is NC(c1ncc(-c2ccc(-c3ccc(-c4cnc(C(N)C5CC5)[nH]4)cc3)cc2)[nH]1)C1CC1. The molecule has 2 unspecified atom stereocenters. The fourth-order valence-electron chi connectivity index (χ4n) is 4.35. The van der Waals surface area contributed by atoms with Crippen LogP contribution in [0.5, 0.6) is 0 Å². The second-order valence-corrected chi connectivity index (χ2v) is 9.25. The molecule has 2 aliphatic carbocycles. The van der Waals surface area contributed by atoms with Gasteiger partial charge in [0.1, 0.15) is 11.6 Å². The summed E-state index contributed by atoms with van der Waals surface area (Å²) in [5, 5.41) is 0. The van der Waals surface area contributed by atoms with Crippen molar-refractivity contribution in [2.45, 2.75) is 37.8 Å². The molecule has 0 radical (unpaired) electrons. The van der Waals surface area contributed by atoms with Gasteiger partial charge >= 0.3 is 0 Å². The second-order valence-electron chi connectivity index (χ2n) is 9.25. The van der Waals surface area contributed by atoms with E-state index in [1.54, 1.807) is 0 Å². The van der Waals surface area contributed by atoms with Crippen LogP contribution >= 0.6 is 0 Å². The molecule has 0 bridgehead atoms. The Balaban J connectivity index is 1.17. The molecule has 0 saturated heterocycles. The zero-order valence-electron chi connectivity index (χ0n) is 18.0. The summed E-state index contributed by atoms with van der Waals surface area (Å²) in [7, 11) is 0. The van der Waals surface area contributed by atoms with Gasteiger partial charge in [0.2, 0.25) is 0 Å². The Hall–Kier alpha value is -3.22. The molecule has 0 amide bonds. The van der Waals surface area contributed by atoms with Crippen LogP contribution < -0.4 is 11.5 Å². The van der Waals surface area contributed by atoms with Crippen molar-refractivity contribution in [3.8, 4) is 33.6 Å². The van der Waals surface area contributed by atoms with Crippen LogP contribution in [-0.2, 0) is 0 Å². The van der Waals surface area contributed by atoms with Gasteiger partial charge in [-0.15, -0.1) is 0 Å². The highest BCUT2D eigenvalue weighted by Crippen LogP contribution is 2.39. The summed E-state index contributed by atoms with van der Waals surface area (Å²) >= 11 is 0. The van der Waals surface area contributed by atoms with Gasteiger partial charge in [-0.05, 0) is 59.8 Å². The topological polar surface area (TPSA) is 109 Å². The molecule has 6 heteroatoms. The monoisotopic (exact) mass is 424 g/mol. The molecule has 0 aliphatic heterocycles. The molecular formula is C26H28N6. The summed E-state index contributed by atoms with van der Waals surface area (Å²) in [5.74, 6) is 2.95. The summed E-state index contributed by atoms with van der Waals surface area (Å²) < 4.78 is 0. The quantitative estimate of drug-likeness (QED) is 0.336. The third-order valence-electron chi connectivity index (χ3n) is 6.81. The first-order valence-electron chi connectivity index (χ1n) is 11.5. The Morgan fingerprint density at radius 3 is 1.28 bits per heavy atom. The van der Waals surface area contributed by atoms with Gasteiger partial charge in [-0.1, -0.05) is 48.5 Å². The summed E-state index contributed by atoms with van der Waals surface area (Å²) in [6.45, 7) is 0. The molecule has 2 aromatic carbocycles. The minimum absolute atomic E-state index is 0.0249. The Morgan fingerprint density at radius 2 is 0.938 bits per heavy atom. The molecule has 2 heterocycles. The van der Waals surface area contributed by atoms with Gasteiger partial charge in [0.05, 0.1) is 35.9 Å². The predicted molar refractivity (Wildman–Crippen MR) is 126 cm³/mol. The first-order chi connectivity index (χ1) is 15.7. The second kappa shape index (κ2) is 7.73. The number of nitrogens with zero attached hydrogens (tertiary/aromatic N) is 2. The average molecular weight is 425 g/mol. The third-order valence-corrected chi connectivity index (χ3v) is 6.81. The van der Waals surface area contributed by atoms with Gasteiger partial charge in [0, 0.05) is 0 Å². The maximum Gasteiger partial charge on any atom is 0.123 e. The molecule has 2 aromatic heterocycles. The number of nitrogens with two attached hydrogens (primary N) is 2. The molecule has 4 aromatic rings. The molecule has 6 nitrogen and oxygen atoms in total. The number of H-pyrrole nitrogens is 2. The summed E-state index contributed by atoms with van der Waals surface area (Å²) in [6.07, 6.45) is 8.60. The van der Waals surface area contributed by atoms with Crippen LogP contribution in [0.2, 0.25) is 0 Å². The summed E-state index contributed by atoms with van der Waals surface area (Å²) in [6, 6.07) is 17.2. The first-order valence-corrected chi connectivity index (χ1v) is 11.5. The van der Waals surface area contributed by atoms with Crippen molar-refractivity contribution in [2.24, 2.45) is 23.3 Å². The van der Waals surface area contributed by atoms with E-state index in [9.17, 15) is 0 Å². The lowest BCUT2D eigenvalue weighted by Crippen LogP contribution is -2.13. The van der Waals surface area contributed by atoms with Crippen LogP contribution in [-0.4, -0.2) is 19.9 Å². The van der Waals surface area contributed by atoms with Crippen LogP contribution in [0.3, 0.4) is 0 Å². The van der Waals surface area contributed by atoms with Crippen LogP contribution in [0, 0.1) is 11.8 Å². The molecule has 0 spiro atoms. The van der Waals surface area contributed by atoms with Crippen molar-refractivity contribution in [3.05, 3.63) is 72.6 Å². The predicted octanol–water partition coefficient (Wildman–Crippen LogP) is 4.95. The van der Waals surface area contributed by atoms with Crippen molar-refractivity contribution < 1.29 is 0 Å². The molecular weight excluding hydrogens is 396 g/mol. The molecule has 2 saturated carbocycles. The highest BCUT2D eigenvalue weighted by molar-refractivity contribution is 5.71. The lowest BCUT2D eigenvalue weighted by Gasteiger charge is -2.07. The van der Waals surface area contributed by atoms with Crippen molar-refractivity contribution in [3.63, 3.8) is 0 Å². The van der Waals surface area contributed by atoms with E-state index in [1.165, 1.54) is 36.8 Å². The standard InChI is InChI=1S/C26H28N6/c27-23(19-9-10-19)25-29-13-21(31-25)17-5-1-15(2-6-17)16-3-7-18(8-4-16)22-14-30-26(32-22)24(28)20-11-12-20/h1-8,13-14,19-20,23-24H,9-12,27-28H2,(H,29,31)(H,30,32). The van der Waals surface area contributed by atoms with E-state index in [4.69, 9.17) is 11.5 Å². The first kappa shape index (κ1) is 19.5. The largest absolute Gasteiger partial charge is 0.341 e. The minimum Gasteiger partial charge on any atom is -0.341 e. The van der Waals surface area contributed by atoms with E-state index in [0.29, 0.717) is 11.8 Å². The van der Waals surface area contributed by atoms with Crippen LogP contribution in [0.4, 0.5) is 0 Å². The van der Waals surface area contributed by atoms with Crippen molar-refractivity contribution >= 4 is 0 Å². The Labute approximate surface area is 187 Å². The fraction of sp³-hybridized carbons (Fsp3) is 0.308. The van der Waals surface area contributed by atoms with Crippen LogP contribution in [0.1, 0.15) is 49.4 Å². The number of aromatic nitrogens is 4. The fourth-order valence-corrected chi connectivity index (χ4v) is 4.35. The lowest BCUT2D eigenvalue weighted by atomic mass is 10.0. The molecule has 6 rings (SSSR count). The van der Waals surface area contributed by atoms with Crippen LogP contribution in [0.25, 0.3) is 33.6 Å². The highest BCUT2D eigenvalue weighted by atomic mass is 15.0. The number of aromatic amines is 2. The lowest BCUT2D eigenvalue weighted by molar-refractivity contribution is 0.600. The van der Waals surface area contributed by atoms with E-state index in [2.05, 4.69) is 68.5 Å². The van der Waals surface area contributed by atoms with Gasteiger partial charge < -0.3 is 21.4 Å². The minimum atomic E-state index is 0.0249. The van der Waals surface area contributed by atoms with Crippen LogP contribution in [0.15, 0.2) is 60.9 Å². The van der Waals surface area contributed by atoms with Gasteiger partial charge in [0.15, 0.2) is 0 Å². The van der Waals surface area contributed by atoms with E-state index in [1.807, 2.05) is 12.4 Å². The normalized spacial score (nSPS) is 17.9. The number of benzene rings is 2. The zero-order chi connectivity index (χ0) is 21.7. The van der Waals surface area contributed by atoms with E-state index in [-0.39, 0.29) is 12.1 Å². The number of imidazole rings is 2. The van der Waals surface area contributed by atoms with Crippen molar-refractivity contribution in [1.82, 2.24) is 19.9 Å². The molecule has 2 fully saturated rings.